The molecule has 1 aliphatic rings. The summed E-state index contributed by atoms with van der Waals surface area (Å²) in [6.45, 7) is 2.43. The van der Waals surface area contributed by atoms with Gasteiger partial charge in [0.1, 0.15) is 17.2 Å². The molecule has 0 atom stereocenters. The van der Waals surface area contributed by atoms with Crippen molar-refractivity contribution in [1.82, 2.24) is 10.7 Å². The zero-order valence-corrected chi connectivity index (χ0v) is 18.9. The maximum atomic E-state index is 12.9. The fraction of sp³-hybridized carbons (Fsp3) is 0.115. The highest BCUT2D eigenvalue weighted by molar-refractivity contribution is 6.05. The van der Waals surface area contributed by atoms with Crippen molar-refractivity contribution in [3.63, 3.8) is 0 Å². The van der Waals surface area contributed by atoms with Gasteiger partial charge in [-0.1, -0.05) is 24.3 Å². The first kappa shape index (κ1) is 23.4. The highest BCUT2D eigenvalue weighted by atomic mass is 16.7. The minimum Gasteiger partial charge on any atom is -0.507 e. The number of carbonyl (C=O) groups is 2. The van der Waals surface area contributed by atoms with Crippen molar-refractivity contribution in [2.24, 2.45) is 5.10 Å². The van der Waals surface area contributed by atoms with Crippen LogP contribution in [0.1, 0.15) is 28.4 Å². The Balaban J connectivity index is 1.53. The fourth-order valence-corrected chi connectivity index (χ4v) is 3.22. The van der Waals surface area contributed by atoms with Crippen molar-refractivity contribution in [3.8, 4) is 23.0 Å². The Morgan fingerprint density at radius 1 is 1.06 bits per heavy atom. The third-order valence-electron chi connectivity index (χ3n) is 4.92. The molecule has 9 heteroatoms. The molecule has 3 aromatic carbocycles. The predicted molar refractivity (Wildman–Crippen MR) is 129 cm³/mol. The number of carbonyl (C=O) groups excluding carboxylic acids is 2. The first-order valence-electron chi connectivity index (χ1n) is 10.8. The topological polar surface area (TPSA) is 118 Å². The Hall–Kier alpha value is -4.79. The van der Waals surface area contributed by atoms with E-state index in [-0.39, 0.29) is 18.2 Å². The molecule has 178 valence electrons. The third-order valence-corrected chi connectivity index (χ3v) is 4.92. The van der Waals surface area contributed by atoms with E-state index in [0.717, 1.165) is 0 Å². The summed E-state index contributed by atoms with van der Waals surface area (Å²) in [5.74, 6) is 0.485. The number of benzene rings is 3. The van der Waals surface area contributed by atoms with Crippen LogP contribution in [0.5, 0.6) is 23.0 Å². The van der Waals surface area contributed by atoms with E-state index in [9.17, 15) is 14.7 Å². The van der Waals surface area contributed by atoms with Crippen molar-refractivity contribution in [2.75, 3.05) is 13.4 Å². The van der Waals surface area contributed by atoms with Gasteiger partial charge in [-0.2, -0.15) is 5.10 Å². The molecule has 2 amide bonds. The van der Waals surface area contributed by atoms with E-state index >= 15 is 0 Å². The molecule has 4 rings (SSSR count). The lowest BCUT2D eigenvalue weighted by molar-refractivity contribution is -0.117. The number of amides is 2. The van der Waals surface area contributed by atoms with E-state index in [4.69, 9.17) is 14.2 Å². The average Bonchev–Trinajstić information content (AvgIpc) is 3.33. The molecule has 0 saturated heterocycles. The van der Waals surface area contributed by atoms with Crippen LogP contribution in [0.4, 0.5) is 0 Å². The minimum absolute atomic E-state index is 0.0363. The zero-order valence-electron chi connectivity index (χ0n) is 18.9. The van der Waals surface area contributed by atoms with Crippen molar-refractivity contribution in [2.45, 2.75) is 6.92 Å². The Labute approximate surface area is 201 Å². The maximum Gasteiger partial charge on any atom is 0.287 e. The van der Waals surface area contributed by atoms with Gasteiger partial charge < -0.3 is 24.6 Å². The van der Waals surface area contributed by atoms with Gasteiger partial charge >= 0.3 is 0 Å². The molecule has 9 nitrogen and oxygen atoms in total. The number of nitrogens with one attached hydrogen (secondary N) is 2. The molecule has 3 aromatic rings. The van der Waals surface area contributed by atoms with Crippen LogP contribution in [0.15, 0.2) is 77.5 Å². The van der Waals surface area contributed by atoms with Gasteiger partial charge in [-0.15, -0.1) is 0 Å². The number of fused-ring (bicyclic) bond motifs is 1. The average molecular weight is 473 g/mol. The quantitative estimate of drug-likeness (QED) is 0.262. The summed E-state index contributed by atoms with van der Waals surface area (Å²) in [5, 5.41) is 16.7. The van der Waals surface area contributed by atoms with Crippen LogP contribution in [-0.2, 0) is 4.79 Å². The van der Waals surface area contributed by atoms with Gasteiger partial charge in [0.05, 0.1) is 12.8 Å². The molecule has 0 aromatic heterocycles. The van der Waals surface area contributed by atoms with Crippen LogP contribution in [0.3, 0.4) is 0 Å². The Morgan fingerprint density at radius 3 is 2.63 bits per heavy atom. The van der Waals surface area contributed by atoms with Gasteiger partial charge in [0.2, 0.25) is 6.79 Å². The summed E-state index contributed by atoms with van der Waals surface area (Å²) in [4.78, 5) is 25.6. The molecule has 0 bridgehead atoms. The third kappa shape index (κ3) is 5.97. The first-order chi connectivity index (χ1) is 17.0. The lowest BCUT2D eigenvalue weighted by Gasteiger charge is -2.10. The fourth-order valence-electron chi connectivity index (χ4n) is 3.22. The van der Waals surface area contributed by atoms with Crippen molar-refractivity contribution in [1.29, 1.82) is 0 Å². The number of nitrogens with zero attached hydrogens (tertiary/aromatic N) is 1. The minimum atomic E-state index is -0.659. The summed E-state index contributed by atoms with van der Waals surface area (Å²) < 4.78 is 16.0. The maximum absolute atomic E-state index is 12.9. The second-order valence-electron chi connectivity index (χ2n) is 7.34. The van der Waals surface area contributed by atoms with Gasteiger partial charge in [0.25, 0.3) is 11.8 Å². The largest absolute Gasteiger partial charge is 0.507 e. The summed E-state index contributed by atoms with van der Waals surface area (Å²) >= 11 is 0. The number of phenolic OH excluding ortho intramolecular Hbond substituents is 1. The summed E-state index contributed by atoms with van der Waals surface area (Å²) in [7, 11) is 0. The van der Waals surface area contributed by atoms with E-state index in [1.54, 1.807) is 60.7 Å². The van der Waals surface area contributed by atoms with E-state index in [1.165, 1.54) is 18.4 Å². The summed E-state index contributed by atoms with van der Waals surface area (Å²) in [6.07, 6.45) is 2.79. The second-order valence-corrected chi connectivity index (χ2v) is 7.34. The van der Waals surface area contributed by atoms with Crippen LogP contribution in [-0.4, -0.2) is 36.5 Å². The number of phenols is 1. The van der Waals surface area contributed by atoms with E-state index in [0.29, 0.717) is 40.5 Å². The Kier molecular flexibility index (Phi) is 7.27. The molecule has 0 radical (unpaired) electrons. The first-order valence-corrected chi connectivity index (χ1v) is 10.8. The molecule has 35 heavy (non-hydrogen) atoms. The molecule has 0 aliphatic carbocycles. The number of hydrogen-bond acceptors (Lipinski definition) is 7. The molecule has 1 heterocycles. The molecular weight excluding hydrogens is 450 g/mol. The number of rotatable bonds is 8. The molecular formula is C26H23N3O6. The number of hydrogen-bond donors (Lipinski definition) is 3. The van der Waals surface area contributed by atoms with Crippen LogP contribution in [0.2, 0.25) is 0 Å². The van der Waals surface area contributed by atoms with Crippen LogP contribution in [0.25, 0.3) is 6.08 Å². The van der Waals surface area contributed by atoms with Gasteiger partial charge in [-0.3, -0.25) is 9.59 Å². The number of hydrazone groups is 1. The predicted octanol–water partition coefficient (Wildman–Crippen LogP) is 3.44. The lowest BCUT2D eigenvalue weighted by Crippen LogP contribution is -2.32. The zero-order chi connectivity index (χ0) is 24.6. The Morgan fingerprint density at radius 2 is 1.86 bits per heavy atom. The van der Waals surface area contributed by atoms with Crippen LogP contribution >= 0.6 is 0 Å². The van der Waals surface area contributed by atoms with Crippen LogP contribution < -0.4 is 25.0 Å². The smallest absolute Gasteiger partial charge is 0.287 e. The molecule has 0 spiro atoms. The number of ether oxygens (including phenoxy) is 3. The SMILES string of the molecule is CCOc1ccc(/C=N\NC(=O)/C(=C\c2ccc3c(c2)OCO3)NC(=O)c2ccccc2)c(O)c1. The standard InChI is InChI=1S/C26H23N3O6/c1-2-33-20-10-9-19(22(30)14-20)15-27-29-26(32)21(28-25(31)18-6-4-3-5-7-18)12-17-8-11-23-24(13-17)35-16-34-23/h3-15,30H,2,16H2,1H3,(H,28,31)(H,29,32)/b21-12+,27-15-. The lowest BCUT2D eigenvalue weighted by atomic mass is 10.1. The molecule has 3 N–H and O–H groups in total. The van der Waals surface area contributed by atoms with E-state index in [2.05, 4.69) is 15.8 Å². The summed E-state index contributed by atoms with van der Waals surface area (Å²) in [6, 6.07) is 18.4. The monoisotopic (exact) mass is 473 g/mol. The highest BCUT2D eigenvalue weighted by Crippen LogP contribution is 2.33. The van der Waals surface area contributed by atoms with Crippen LogP contribution in [0, 0.1) is 0 Å². The number of aromatic hydroxyl groups is 1. The molecule has 1 aliphatic heterocycles. The van der Waals surface area contributed by atoms with Gasteiger partial charge in [-0.05, 0) is 55.0 Å². The second kappa shape index (κ2) is 10.9. The Bertz CT molecular complexity index is 1290. The van der Waals surface area contributed by atoms with Crippen molar-refractivity contribution in [3.05, 3.63) is 89.1 Å². The van der Waals surface area contributed by atoms with Gasteiger partial charge in [-0.25, -0.2) is 5.43 Å². The van der Waals surface area contributed by atoms with Gasteiger partial charge in [0, 0.05) is 17.2 Å². The molecule has 0 unspecified atom stereocenters. The van der Waals surface area contributed by atoms with Crippen molar-refractivity contribution < 1.29 is 28.9 Å². The molecule has 0 fully saturated rings. The van der Waals surface area contributed by atoms with Crippen molar-refractivity contribution >= 4 is 24.1 Å². The summed E-state index contributed by atoms with van der Waals surface area (Å²) in [5.41, 5.74) is 3.72. The van der Waals surface area contributed by atoms with Gasteiger partial charge in [0.15, 0.2) is 11.5 Å². The highest BCUT2D eigenvalue weighted by Gasteiger charge is 2.17. The molecule has 0 saturated carbocycles. The van der Waals surface area contributed by atoms with E-state index < -0.39 is 11.8 Å². The van der Waals surface area contributed by atoms with E-state index in [1.807, 2.05) is 6.92 Å². The normalized spacial score (nSPS) is 12.4.